The van der Waals surface area contributed by atoms with E-state index >= 15 is 0 Å². The Morgan fingerprint density at radius 3 is 2.57 bits per heavy atom. The summed E-state index contributed by atoms with van der Waals surface area (Å²) in [5.41, 5.74) is 2.87. The summed E-state index contributed by atoms with van der Waals surface area (Å²) in [6, 6.07) is 20.6. The molecule has 2 atom stereocenters. The lowest BCUT2D eigenvalue weighted by Gasteiger charge is -2.26. The van der Waals surface area contributed by atoms with Crippen molar-refractivity contribution in [1.82, 2.24) is 5.48 Å². The quantitative estimate of drug-likeness (QED) is 0.175. The second-order valence-electron chi connectivity index (χ2n) is 8.02. The monoisotopic (exact) mass is 478 g/mol. The summed E-state index contributed by atoms with van der Waals surface area (Å²) in [4.78, 5) is 24.2. The SMILES string of the molecule is C[C@@H](CC/C=C/C(=O)NO)[C@@H](OC(=O)Nc1cccc2ccccc12)c1ccccc1OCCO. The van der Waals surface area contributed by atoms with E-state index < -0.39 is 18.1 Å². The van der Waals surface area contributed by atoms with Crippen LogP contribution in [0.15, 0.2) is 78.9 Å². The summed E-state index contributed by atoms with van der Waals surface area (Å²) < 4.78 is 11.6. The Hall–Kier alpha value is -3.88. The number of hydroxylamine groups is 1. The molecule has 2 amide bonds. The van der Waals surface area contributed by atoms with Gasteiger partial charge in [-0.25, -0.2) is 10.3 Å². The number of carbonyl (C=O) groups excluding carboxylic acids is 2. The molecule has 8 heteroatoms. The van der Waals surface area contributed by atoms with Gasteiger partial charge >= 0.3 is 6.09 Å². The van der Waals surface area contributed by atoms with Crippen molar-refractivity contribution < 1.29 is 29.4 Å². The average molecular weight is 479 g/mol. The van der Waals surface area contributed by atoms with Gasteiger partial charge in [-0.1, -0.05) is 67.6 Å². The Morgan fingerprint density at radius 2 is 1.77 bits per heavy atom. The van der Waals surface area contributed by atoms with Gasteiger partial charge in [0, 0.05) is 17.0 Å². The van der Waals surface area contributed by atoms with Crippen LogP contribution in [-0.4, -0.2) is 35.5 Å². The van der Waals surface area contributed by atoms with Crippen LogP contribution in [0.3, 0.4) is 0 Å². The molecule has 3 aromatic rings. The number of hydrogen-bond acceptors (Lipinski definition) is 6. The highest BCUT2D eigenvalue weighted by atomic mass is 16.6. The lowest BCUT2D eigenvalue weighted by Crippen LogP contribution is -2.23. The first-order valence-corrected chi connectivity index (χ1v) is 11.4. The van der Waals surface area contributed by atoms with Crippen molar-refractivity contribution in [2.45, 2.75) is 25.9 Å². The molecular formula is C27H30N2O6. The Bertz CT molecular complexity index is 1160. The Morgan fingerprint density at radius 1 is 1.03 bits per heavy atom. The minimum Gasteiger partial charge on any atom is -0.491 e. The molecule has 3 aromatic carbocycles. The van der Waals surface area contributed by atoms with Gasteiger partial charge in [-0.3, -0.25) is 15.3 Å². The first-order chi connectivity index (χ1) is 17.0. The molecule has 4 N–H and O–H groups in total. The number of anilines is 1. The van der Waals surface area contributed by atoms with Crippen molar-refractivity contribution in [3.05, 3.63) is 84.4 Å². The fourth-order valence-electron chi connectivity index (χ4n) is 3.82. The highest BCUT2D eigenvalue weighted by Gasteiger charge is 2.26. The molecular weight excluding hydrogens is 448 g/mol. The van der Waals surface area contributed by atoms with Crippen molar-refractivity contribution >= 4 is 28.5 Å². The van der Waals surface area contributed by atoms with Crippen molar-refractivity contribution in [2.24, 2.45) is 5.92 Å². The number of hydrogen-bond donors (Lipinski definition) is 4. The number of amides is 2. The molecule has 0 aliphatic carbocycles. The smallest absolute Gasteiger partial charge is 0.412 e. The third kappa shape index (κ3) is 7.30. The highest BCUT2D eigenvalue weighted by molar-refractivity contribution is 6.00. The molecule has 0 bridgehead atoms. The lowest BCUT2D eigenvalue weighted by molar-refractivity contribution is -0.124. The van der Waals surface area contributed by atoms with Gasteiger partial charge in [-0.2, -0.15) is 0 Å². The fraction of sp³-hybridized carbons (Fsp3) is 0.259. The number of carbonyl (C=O) groups is 2. The van der Waals surface area contributed by atoms with Crippen LogP contribution in [0.5, 0.6) is 5.75 Å². The zero-order valence-electron chi connectivity index (χ0n) is 19.5. The molecule has 0 aliphatic heterocycles. The molecule has 0 spiro atoms. The fourth-order valence-corrected chi connectivity index (χ4v) is 3.82. The molecule has 35 heavy (non-hydrogen) atoms. The molecule has 0 radical (unpaired) electrons. The van der Waals surface area contributed by atoms with Gasteiger partial charge in [0.15, 0.2) is 0 Å². The van der Waals surface area contributed by atoms with Crippen LogP contribution >= 0.6 is 0 Å². The predicted molar refractivity (Wildman–Crippen MR) is 133 cm³/mol. The normalized spacial score (nSPS) is 12.8. The van der Waals surface area contributed by atoms with E-state index in [0.717, 1.165) is 10.8 Å². The van der Waals surface area contributed by atoms with E-state index in [1.807, 2.05) is 67.6 Å². The van der Waals surface area contributed by atoms with Gasteiger partial charge < -0.3 is 14.6 Å². The summed E-state index contributed by atoms with van der Waals surface area (Å²) in [6.07, 6.45) is 2.75. The Labute approximate surface area is 204 Å². The largest absolute Gasteiger partial charge is 0.491 e. The molecule has 0 fully saturated rings. The summed E-state index contributed by atoms with van der Waals surface area (Å²) in [7, 11) is 0. The average Bonchev–Trinajstić information content (AvgIpc) is 2.88. The van der Waals surface area contributed by atoms with Gasteiger partial charge in [-0.05, 0) is 36.3 Å². The molecule has 0 saturated carbocycles. The summed E-state index contributed by atoms with van der Waals surface area (Å²) in [5.74, 6) is -0.233. The van der Waals surface area contributed by atoms with E-state index in [4.69, 9.17) is 14.7 Å². The van der Waals surface area contributed by atoms with E-state index in [1.54, 1.807) is 17.6 Å². The zero-order chi connectivity index (χ0) is 25.0. The van der Waals surface area contributed by atoms with Crippen LogP contribution < -0.4 is 15.5 Å². The van der Waals surface area contributed by atoms with Gasteiger partial charge in [0.25, 0.3) is 5.91 Å². The lowest BCUT2D eigenvalue weighted by atomic mass is 9.92. The van der Waals surface area contributed by atoms with E-state index in [0.29, 0.717) is 29.8 Å². The third-order valence-electron chi connectivity index (χ3n) is 5.52. The minimum atomic E-state index is -0.653. The zero-order valence-corrected chi connectivity index (χ0v) is 19.5. The number of rotatable bonds is 11. The molecule has 184 valence electrons. The summed E-state index contributed by atoms with van der Waals surface area (Å²) >= 11 is 0. The topological polar surface area (TPSA) is 117 Å². The van der Waals surface area contributed by atoms with Crippen molar-refractivity contribution in [2.75, 3.05) is 18.5 Å². The molecule has 0 unspecified atom stereocenters. The molecule has 8 nitrogen and oxygen atoms in total. The van der Waals surface area contributed by atoms with E-state index in [2.05, 4.69) is 5.32 Å². The molecule has 3 rings (SSSR count). The first kappa shape index (κ1) is 25.7. The number of aliphatic hydroxyl groups excluding tert-OH is 1. The third-order valence-corrected chi connectivity index (χ3v) is 5.52. The van der Waals surface area contributed by atoms with Gasteiger partial charge in [0.05, 0.1) is 12.3 Å². The molecule has 0 aliphatic rings. The number of nitrogens with one attached hydrogen (secondary N) is 2. The van der Waals surface area contributed by atoms with Gasteiger partial charge in [-0.15, -0.1) is 0 Å². The number of fused-ring (bicyclic) bond motifs is 1. The van der Waals surface area contributed by atoms with E-state index in [1.165, 1.54) is 6.08 Å². The van der Waals surface area contributed by atoms with Crippen LogP contribution in [0.4, 0.5) is 10.5 Å². The summed E-state index contributed by atoms with van der Waals surface area (Å²) in [5, 5.41) is 22.6. The second kappa shape index (κ2) is 13.1. The molecule has 0 heterocycles. The number of allylic oxidation sites excluding steroid dienone is 1. The van der Waals surface area contributed by atoms with E-state index in [9.17, 15) is 14.7 Å². The van der Waals surface area contributed by atoms with E-state index in [-0.39, 0.29) is 19.1 Å². The molecule has 0 aromatic heterocycles. The maximum absolute atomic E-state index is 13.0. The van der Waals surface area contributed by atoms with Crippen LogP contribution in [-0.2, 0) is 9.53 Å². The van der Waals surface area contributed by atoms with Crippen molar-refractivity contribution in [3.63, 3.8) is 0 Å². The number of benzene rings is 3. The number of ether oxygens (including phenoxy) is 2. The van der Waals surface area contributed by atoms with Crippen LogP contribution in [0.25, 0.3) is 10.8 Å². The van der Waals surface area contributed by atoms with Crippen molar-refractivity contribution in [1.29, 1.82) is 0 Å². The highest BCUT2D eigenvalue weighted by Crippen LogP contribution is 2.36. The van der Waals surface area contributed by atoms with Gasteiger partial charge in [0.2, 0.25) is 0 Å². The summed E-state index contributed by atoms with van der Waals surface area (Å²) in [6.45, 7) is 1.91. The number of aliphatic hydroxyl groups is 1. The first-order valence-electron chi connectivity index (χ1n) is 11.4. The van der Waals surface area contributed by atoms with Crippen LogP contribution in [0, 0.1) is 5.92 Å². The minimum absolute atomic E-state index is 0.110. The van der Waals surface area contributed by atoms with Crippen LogP contribution in [0.2, 0.25) is 0 Å². The molecule has 0 saturated heterocycles. The number of para-hydroxylation sites is 1. The maximum Gasteiger partial charge on any atom is 0.412 e. The Balaban J connectivity index is 1.81. The standard InChI is InChI=1S/C27H30N2O6/c1-19(9-2-7-16-25(31)29-33)26(22-13-5-6-15-24(22)34-18-17-30)35-27(32)28-23-14-8-11-20-10-3-4-12-21(20)23/h3-8,10-16,19,26,30,33H,2,9,17-18H2,1H3,(H,28,32)(H,29,31)/b16-7+/t19-,26+/m0/s1. The second-order valence-corrected chi connectivity index (χ2v) is 8.02. The Kier molecular flexibility index (Phi) is 9.65. The van der Waals surface area contributed by atoms with Gasteiger partial charge in [0.1, 0.15) is 18.5 Å². The maximum atomic E-state index is 13.0. The van der Waals surface area contributed by atoms with Crippen LogP contribution in [0.1, 0.15) is 31.4 Å². The predicted octanol–water partition coefficient (Wildman–Crippen LogP) is 4.98. The van der Waals surface area contributed by atoms with Crippen molar-refractivity contribution in [3.8, 4) is 5.75 Å².